The van der Waals surface area contributed by atoms with Gasteiger partial charge in [0.2, 0.25) is 0 Å². The highest BCUT2D eigenvalue weighted by Gasteiger charge is 2.43. The highest BCUT2D eigenvalue weighted by Crippen LogP contribution is 2.46. The Bertz CT molecular complexity index is 670. The van der Waals surface area contributed by atoms with Gasteiger partial charge in [-0.1, -0.05) is 19.8 Å². The lowest BCUT2D eigenvalue weighted by molar-refractivity contribution is 0.140. The lowest BCUT2D eigenvalue weighted by atomic mass is 9.88. The number of amides is 2. The fourth-order valence-electron chi connectivity index (χ4n) is 5.48. The predicted octanol–water partition coefficient (Wildman–Crippen LogP) is 4.16. The number of nitrogens with one attached hydrogen (secondary N) is 2. The average Bonchev–Trinajstić information content (AvgIpc) is 3.29. The Kier molecular flexibility index (Phi) is 5.58. The van der Waals surface area contributed by atoms with Crippen LogP contribution in [0.4, 0.5) is 16.2 Å². The molecule has 1 aromatic rings. The molecule has 1 saturated carbocycles. The molecule has 148 valence electrons. The maximum absolute atomic E-state index is 11.9. The van der Waals surface area contributed by atoms with Gasteiger partial charge < -0.3 is 15.5 Å². The first-order chi connectivity index (χ1) is 13.2. The van der Waals surface area contributed by atoms with Crippen molar-refractivity contribution < 1.29 is 4.79 Å². The molecule has 5 heteroatoms. The summed E-state index contributed by atoms with van der Waals surface area (Å²) in [6.45, 7) is 8.39. The lowest BCUT2D eigenvalue weighted by Gasteiger charge is -2.41. The number of urea groups is 1. The van der Waals surface area contributed by atoms with Gasteiger partial charge >= 0.3 is 6.03 Å². The fourth-order valence-corrected chi connectivity index (χ4v) is 5.48. The molecule has 27 heavy (non-hydrogen) atoms. The number of nitrogens with zero attached hydrogens (tertiary/aromatic N) is 2. The third-order valence-corrected chi connectivity index (χ3v) is 6.65. The van der Waals surface area contributed by atoms with Crippen molar-refractivity contribution in [3.05, 3.63) is 23.8 Å². The van der Waals surface area contributed by atoms with E-state index >= 15 is 0 Å². The van der Waals surface area contributed by atoms with E-state index in [1.807, 2.05) is 6.92 Å². The van der Waals surface area contributed by atoms with E-state index in [4.69, 9.17) is 0 Å². The molecular formula is C22H34N4O. The van der Waals surface area contributed by atoms with Crippen molar-refractivity contribution >= 4 is 17.4 Å². The molecule has 5 nitrogen and oxygen atoms in total. The molecule has 0 bridgehead atoms. The second-order valence-corrected chi connectivity index (χ2v) is 8.35. The Morgan fingerprint density at radius 2 is 2.00 bits per heavy atom. The molecule has 3 aliphatic rings. The standard InChI is InChI=1S/C22H34N4O/c1-3-12-26-20-10-9-16(24-22(27)23-4-2)14-18(20)19-15-25(13-11-21(19)26)17-7-5-6-8-17/h9-10,14,17,19,21H,3-8,11-13,15H2,1-2H3,(H2,23,24,27). The lowest BCUT2D eigenvalue weighted by Crippen LogP contribution is -2.49. The molecule has 4 rings (SSSR count). The van der Waals surface area contributed by atoms with Crippen LogP contribution >= 0.6 is 0 Å². The summed E-state index contributed by atoms with van der Waals surface area (Å²) >= 11 is 0. The zero-order valence-electron chi connectivity index (χ0n) is 16.8. The number of fused-ring (bicyclic) bond motifs is 3. The van der Waals surface area contributed by atoms with Gasteiger partial charge in [-0.2, -0.15) is 0 Å². The monoisotopic (exact) mass is 370 g/mol. The van der Waals surface area contributed by atoms with Gasteiger partial charge in [-0.3, -0.25) is 4.90 Å². The first-order valence-corrected chi connectivity index (χ1v) is 10.9. The van der Waals surface area contributed by atoms with Crippen molar-refractivity contribution in [3.63, 3.8) is 0 Å². The average molecular weight is 371 g/mol. The molecule has 0 spiro atoms. The maximum atomic E-state index is 11.9. The van der Waals surface area contributed by atoms with Gasteiger partial charge in [0.05, 0.1) is 0 Å². The van der Waals surface area contributed by atoms with Crippen molar-refractivity contribution in [2.75, 3.05) is 36.4 Å². The van der Waals surface area contributed by atoms with Crippen LogP contribution in [0.5, 0.6) is 0 Å². The van der Waals surface area contributed by atoms with Crippen molar-refractivity contribution in [2.45, 2.75) is 70.4 Å². The minimum Gasteiger partial charge on any atom is -0.368 e. The number of carbonyl (C=O) groups excluding carboxylic acids is 1. The first-order valence-electron chi connectivity index (χ1n) is 10.9. The molecule has 2 aliphatic heterocycles. The zero-order chi connectivity index (χ0) is 18.8. The third-order valence-electron chi connectivity index (χ3n) is 6.65. The summed E-state index contributed by atoms with van der Waals surface area (Å²) in [7, 11) is 0. The molecule has 1 aliphatic carbocycles. The normalized spacial score (nSPS) is 25.3. The van der Waals surface area contributed by atoms with Crippen LogP contribution < -0.4 is 15.5 Å². The van der Waals surface area contributed by atoms with Crippen molar-refractivity contribution in [2.24, 2.45) is 0 Å². The van der Waals surface area contributed by atoms with E-state index in [1.165, 1.54) is 62.9 Å². The predicted molar refractivity (Wildman–Crippen MR) is 112 cm³/mol. The molecule has 2 N–H and O–H groups in total. The van der Waals surface area contributed by atoms with Gasteiger partial charge in [-0.15, -0.1) is 0 Å². The van der Waals surface area contributed by atoms with E-state index < -0.39 is 0 Å². The molecule has 2 amide bonds. The number of anilines is 2. The Morgan fingerprint density at radius 1 is 1.19 bits per heavy atom. The SMILES string of the molecule is CCCN1c2ccc(NC(=O)NCC)cc2C2CN(C3CCCC3)CCC21. The van der Waals surface area contributed by atoms with E-state index in [9.17, 15) is 4.79 Å². The zero-order valence-corrected chi connectivity index (χ0v) is 16.8. The van der Waals surface area contributed by atoms with Crippen LogP contribution in [0.3, 0.4) is 0 Å². The summed E-state index contributed by atoms with van der Waals surface area (Å²) in [5.41, 5.74) is 3.74. The molecule has 0 radical (unpaired) electrons. The number of hydrogen-bond acceptors (Lipinski definition) is 3. The number of benzene rings is 1. The quantitative estimate of drug-likeness (QED) is 0.818. The summed E-state index contributed by atoms with van der Waals surface area (Å²) in [5, 5.41) is 5.82. The van der Waals surface area contributed by atoms with Gasteiger partial charge in [0, 0.05) is 55.6 Å². The summed E-state index contributed by atoms with van der Waals surface area (Å²) in [6, 6.07) is 7.82. The van der Waals surface area contributed by atoms with E-state index in [1.54, 1.807) is 0 Å². The van der Waals surface area contributed by atoms with Crippen LogP contribution in [0.1, 0.15) is 63.9 Å². The van der Waals surface area contributed by atoms with Crippen LogP contribution in [0.2, 0.25) is 0 Å². The topological polar surface area (TPSA) is 47.6 Å². The number of carbonyl (C=O) groups is 1. The van der Waals surface area contributed by atoms with Gasteiger partial charge in [0.15, 0.2) is 0 Å². The summed E-state index contributed by atoms with van der Waals surface area (Å²) in [6.07, 6.45) is 7.98. The van der Waals surface area contributed by atoms with Crippen LogP contribution in [-0.2, 0) is 0 Å². The minimum absolute atomic E-state index is 0.117. The molecule has 2 fully saturated rings. The summed E-state index contributed by atoms with van der Waals surface area (Å²) in [4.78, 5) is 17.3. The second kappa shape index (κ2) is 8.09. The highest BCUT2D eigenvalue weighted by molar-refractivity contribution is 5.90. The van der Waals surface area contributed by atoms with Gasteiger partial charge in [0.25, 0.3) is 0 Å². The number of rotatable bonds is 5. The first kappa shape index (κ1) is 18.6. The van der Waals surface area contributed by atoms with Crippen LogP contribution in [0.25, 0.3) is 0 Å². The smallest absolute Gasteiger partial charge is 0.319 e. The minimum atomic E-state index is -0.117. The maximum Gasteiger partial charge on any atom is 0.319 e. The van der Waals surface area contributed by atoms with Crippen molar-refractivity contribution in [3.8, 4) is 0 Å². The Morgan fingerprint density at radius 3 is 2.74 bits per heavy atom. The molecule has 1 aromatic carbocycles. The van der Waals surface area contributed by atoms with Gasteiger partial charge in [-0.05, 0) is 56.4 Å². The molecule has 2 unspecified atom stereocenters. The van der Waals surface area contributed by atoms with E-state index in [0.717, 1.165) is 18.3 Å². The van der Waals surface area contributed by atoms with Crippen molar-refractivity contribution in [1.29, 1.82) is 0 Å². The van der Waals surface area contributed by atoms with Crippen molar-refractivity contribution in [1.82, 2.24) is 10.2 Å². The fraction of sp³-hybridized carbons (Fsp3) is 0.682. The van der Waals surface area contributed by atoms with Crippen LogP contribution in [0, 0.1) is 0 Å². The van der Waals surface area contributed by atoms with Gasteiger partial charge in [-0.25, -0.2) is 4.79 Å². The molecular weight excluding hydrogens is 336 g/mol. The summed E-state index contributed by atoms with van der Waals surface area (Å²) in [5.74, 6) is 0.567. The molecule has 0 aromatic heterocycles. The van der Waals surface area contributed by atoms with Crippen LogP contribution in [-0.4, -0.2) is 49.2 Å². The molecule has 1 saturated heterocycles. The van der Waals surface area contributed by atoms with E-state index in [0.29, 0.717) is 18.5 Å². The molecule has 2 atom stereocenters. The number of likely N-dealkylation sites (tertiary alicyclic amines) is 1. The largest absolute Gasteiger partial charge is 0.368 e. The van der Waals surface area contributed by atoms with E-state index in [2.05, 4.69) is 45.6 Å². The highest BCUT2D eigenvalue weighted by atomic mass is 16.2. The second-order valence-electron chi connectivity index (χ2n) is 8.35. The summed E-state index contributed by atoms with van der Waals surface area (Å²) < 4.78 is 0. The van der Waals surface area contributed by atoms with E-state index in [-0.39, 0.29) is 6.03 Å². The number of piperidine rings is 1. The Labute approximate surface area is 163 Å². The van der Waals surface area contributed by atoms with Gasteiger partial charge in [0.1, 0.15) is 0 Å². The van der Waals surface area contributed by atoms with Crippen LogP contribution in [0.15, 0.2) is 18.2 Å². The Hall–Kier alpha value is -1.75. The number of hydrogen-bond donors (Lipinski definition) is 2. The third kappa shape index (κ3) is 3.66. The molecule has 2 heterocycles. The Balaban J connectivity index is 1.58.